The van der Waals surface area contributed by atoms with Crippen molar-refractivity contribution in [1.29, 1.82) is 0 Å². The molecule has 2 unspecified atom stereocenters. The maximum absolute atomic E-state index is 6.43. The number of ether oxygens (including phenoxy) is 2. The Bertz CT molecular complexity index is 372. The van der Waals surface area contributed by atoms with Gasteiger partial charge in [-0.1, -0.05) is 12.1 Å². The van der Waals surface area contributed by atoms with Crippen LogP contribution < -0.4 is 4.74 Å². The smallest absolute Gasteiger partial charge is 0.121 e. The molecule has 0 N–H and O–H groups in total. The quantitative estimate of drug-likeness (QED) is 0.760. The molecular weight excluding hydrogens is 236 g/mol. The Labute approximate surface area is 108 Å². The summed E-state index contributed by atoms with van der Waals surface area (Å²) in [5.41, 5.74) is 2.28. The highest BCUT2D eigenvalue weighted by molar-refractivity contribution is 6.20. The van der Waals surface area contributed by atoms with Crippen LogP contribution in [0, 0.1) is 6.92 Å². The van der Waals surface area contributed by atoms with Gasteiger partial charge in [0.2, 0.25) is 0 Å². The van der Waals surface area contributed by atoms with E-state index in [1.54, 1.807) is 7.11 Å². The molecule has 1 aliphatic rings. The Morgan fingerprint density at radius 1 is 1.53 bits per heavy atom. The monoisotopic (exact) mass is 254 g/mol. The summed E-state index contributed by atoms with van der Waals surface area (Å²) in [6.07, 6.45) is 3.53. The molecule has 1 heterocycles. The van der Waals surface area contributed by atoms with Gasteiger partial charge in [0.05, 0.1) is 18.6 Å². The number of aryl methyl sites for hydroxylation is 1. The Morgan fingerprint density at radius 2 is 2.35 bits per heavy atom. The van der Waals surface area contributed by atoms with Crippen LogP contribution in [-0.4, -0.2) is 19.8 Å². The standard InChI is InChI=1S/C14H19ClO2/c1-10-8-11(5-6-14(10)16-2)13(15)9-12-4-3-7-17-12/h5-6,8,12-13H,3-4,7,9H2,1-2H3. The first-order valence-corrected chi connectivity index (χ1v) is 6.54. The molecule has 0 aromatic heterocycles. The maximum atomic E-state index is 6.43. The van der Waals surface area contributed by atoms with Crippen LogP contribution in [0.3, 0.4) is 0 Å². The predicted molar refractivity (Wildman–Crippen MR) is 69.9 cm³/mol. The Balaban J connectivity index is 2.02. The van der Waals surface area contributed by atoms with E-state index in [0.29, 0.717) is 6.10 Å². The molecule has 2 nitrogen and oxygen atoms in total. The number of hydrogen-bond acceptors (Lipinski definition) is 2. The molecule has 1 aliphatic heterocycles. The zero-order valence-electron chi connectivity index (χ0n) is 10.4. The number of hydrogen-bond donors (Lipinski definition) is 0. The van der Waals surface area contributed by atoms with E-state index in [-0.39, 0.29) is 5.38 Å². The fourth-order valence-electron chi connectivity index (χ4n) is 2.29. The first-order valence-electron chi connectivity index (χ1n) is 6.11. The number of halogens is 1. The summed E-state index contributed by atoms with van der Waals surface area (Å²) in [5, 5.41) is 0.0303. The fraction of sp³-hybridized carbons (Fsp3) is 0.571. The van der Waals surface area contributed by atoms with Crippen molar-refractivity contribution in [3.8, 4) is 5.75 Å². The van der Waals surface area contributed by atoms with Crippen molar-refractivity contribution in [3.63, 3.8) is 0 Å². The maximum Gasteiger partial charge on any atom is 0.121 e. The Hall–Kier alpha value is -0.730. The predicted octanol–water partition coefficient (Wildman–Crippen LogP) is 3.85. The molecule has 0 aliphatic carbocycles. The van der Waals surface area contributed by atoms with Crippen LogP contribution in [0.25, 0.3) is 0 Å². The molecule has 94 valence electrons. The van der Waals surface area contributed by atoms with Crippen LogP contribution in [0.15, 0.2) is 18.2 Å². The second-order valence-electron chi connectivity index (χ2n) is 4.57. The van der Waals surface area contributed by atoms with Gasteiger partial charge in [0.15, 0.2) is 0 Å². The molecule has 0 spiro atoms. The molecule has 1 saturated heterocycles. The highest BCUT2D eigenvalue weighted by atomic mass is 35.5. The molecule has 2 rings (SSSR count). The largest absolute Gasteiger partial charge is 0.496 e. The van der Waals surface area contributed by atoms with Gasteiger partial charge in [0, 0.05) is 6.61 Å². The SMILES string of the molecule is COc1ccc(C(Cl)CC2CCCO2)cc1C. The lowest BCUT2D eigenvalue weighted by Crippen LogP contribution is -2.08. The van der Waals surface area contributed by atoms with Crippen LogP contribution in [0.2, 0.25) is 0 Å². The molecule has 2 atom stereocenters. The van der Waals surface area contributed by atoms with Crippen LogP contribution in [0.4, 0.5) is 0 Å². The average Bonchev–Trinajstić information content (AvgIpc) is 2.81. The van der Waals surface area contributed by atoms with E-state index < -0.39 is 0 Å². The lowest BCUT2D eigenvalue weighted by atomic mass is 10.0. The van der Waals surface area contributed by atoms with Gasteiger partial charge >= 0.3 is 0 Å². The topological polar surface area (TPSA) is 18.5 Å². The molecule has 3 heteroatoms. The summed E-state index contributed by atoms with van der Waals surface area (Å²) in [4.78, 5) is 0. The summed E-state index contributed by atoms with van der Waals surface area (Å²) in [6, 6.07) is 6.12. The summed E-state index contributed by atoms with van der Waals surface area (Å²) in [6.45, 7) is 2.92. The van der Waals surface area contributed by atoms with E-state index in [9.17, 15) is 0 Å². The van der Waals surface area contributed by atoms with E-state index in [2.05, 4.69) is 6.07 Å². The third kappa shape index (κ3) is 3.14. The number of methoxy groups -OCH3 is 1. The van der Waals surface area contributed by atoms with Crippen molar-refractivity contribution < 1.29 is 9.47 Å². The van der Waals surface area contributed by atoms with Crippen LogP contribution in [0.5, 0.6) is 5.75 Å². The molecule has 17 heavy (non-hydrogen) atoms. The number of rotatable bonds is 4. The summed E-state index contributed by atoms with van der Waals surface area (Å²) in [5.74, 6) is 0.912. The minimum atomic E-state index is 0.0303. The van der Waals surface area contributed by atoms with Gasteiger partial charge in [0.25, 0.3) is 0 Å². The fourth-order valence-corrected chi connectivity index (χ4v) is 2.63. The van der Waals surface area contributed by atoms with Gasteiger partial charge in [-0.15, -0.1) is 11.6 Å². The van der Waals surface area contributed by atoms with Crippen LogP contribution >= 0.6 is 11.6 Å². The highest BCUT2D eigenvalue weighted by Gasteiger charge is 2.20. The van der Waals surface area contributed by atoms with Gasteiger partial charge in [0.1, 0.15) is 5.75 Å². The molecule has 1 aromatic rings. The molecule has 1 aromatic carbocycles. The second-order valence-corrected chi connectivity index (χ2v) is 5.09. The van der Waals surface area contributed by atoms with Crippen molar-refractivity contribution >= 4 is 11.6 Å². The lowest BCUT2D eigenvalue weighted by molar-refractivity contribution is 0.103. The van der Waals surface area contributed by atoms with E-state index in [0.717, 1.165) is 42.7 Å². The number of benzene rings is 1. The average molecular weight is 255 g/mol. The van der Waals surface area contributed by atoms with E-state index >= 15 is 0 Å². The third-order valence-electron chi connectivity index (χ3n) is 3.27. The van der Waals surface area contributed by atoms with E-state index in [1.807, 2.05) is 19.1 Å². The second kappa shape index (κ2) is 5.74. The van der Waals surface area contributed by atoms with Crippen molar-refractivity contribution in [1.82, 2.24) is 0 Å². The van der Waals surface area contributed by atoms with Crippen molar-refractivity contribution in [2.75, 3.05) is 13.7 Å². The lowest BCUT2D eigenvalue weighted by Gasteiger charge is -2.16. The highest BCUT2D eigenvalue weighted by Crippen LogP contribution is 2.32. The first kappa shape index (κ1) is 12.7. The zero-order chi connectivity index (χ0) is 12.3. The molecule has 0 saturated carbocycles. The minimum absolute atomic E-state index is 0.0303. The summed E-state index contributed by atoms with van der Waals surface area (Å²) in [7, 11) is 1.69. The zero-order valence-corrected chi connectivity index (χ0v) is 11.2. The molecule has 0 bridgehead atoms. The summed E-state index contributed by atoms with van der Waals surface area (Å²) < 4.78 is 10.9. The van der Waals surface area contributed by atoms with Gasteiger partial charge in [-0.2, -0.15) is 0 Å². The summed E-state index contributed by atoms with van der Waals surface area (Å²) >= 11 is 6.43. The Morgan fingerprint density at radius 3 is 2.94 bits per heavy atom. The van der Waals surface area contributed by atoms with Crippen molar-refractivity contribution in [3.05, 3.63) is 29.3 Å². The number of alkyl halides is 1. The van der Waals surface area contributed by atoms with E-state index in [1.165, 1.54) is 0 Å². The van der Waals surface area contributed by atoms with Crippen LogP contribution in [-0.2, 0) is 4.74 Å². The van der Waals surface area contributed by atoms with Gasteiger partial charge in [-0.05, 0) is 43.4 Å². The first-order chi connectivity index (χ1) is 8.20. The van der Waals surface area contributed by atoms with Gasteiger partial charge in [-0.3, -0.25) is 0 Å². The van der Waals surface area contributed by atoms with Gasteiger partial charge < -0.3 is 9.47 Å². The molecular formula is C14H19ClO2. The van der Waals surface area contributed by atoms with Crippen molar-refractivity contribution in [2.24, 2.45) is 0 Å². The molecule has 0 amide bonds. The molecule has 0 radical (unpaired) electrons. The normalized spacial score (nSPS) is 21.5. The van der Waals surface area contributed by atoms with Crippen molar-refractivity contribution in [2.45, 2.75) is 37.7 Å². The Kier molecular flexibility index (Phi) is 4.30. The van der Waals surface area contributed by atoms with Crippen LogP contribution in [0.1, 0.15) is 35.8 Å². The van der Waals surface area contributed by atoms with Gasteiger partial charge in [-0.25, -0.2) is 0 Å². The third-order valence-corrected chi connectivity index (χ3v) is 3.70. The van der Waals surface area contributed by atoms with E-state index in [4.69, 9.17) is 21.1 Å². The molecule has 1 fully saturated rings. The minimum Gasteiger partial charge on any atom is -0.496 e.